The van der Waals surface area contributed by atoms with Crippen molar-refractivity contribution in [2.45, 2.75) is 17.5 Å². The van der Waals surface area contributed by atoms with Gasteiger partial charge in [0.1, 0.15) is 18.3 Å². The maximum absolute atomic E-state index is 10.4. The van der Waals surface area contributed by atoms with Crippen LogP contribution in [0.3, 0.4) is 0 Å². The van der Waals surface area contributed by atoms with Gasteiger partial charge >= 0.3 is 7.82 Å². The number of rotatable bonds is 4. The second kappa shape index (κ2) is 4.30. The summed E-state index contributed by atoms with van der Waals surface area (Å²) in [4.78, 5) is 16.8. The van der Waals surface area contributed by atoms with Gasteiger partial charge in [-0.1, -0.05) is 0 Å². The van der Waals surface area contributed by atoms with Crippen molar-refractivity contribution < 1.29 is 44.0 Å². The summed E-state index contributed by atoms with van der Waals surface area (Å²) >= 11 is 0. The second-order valence-electron chi connectivity index (χ2n) is 3.56. The Morgan fingerprint density at radius 1 is 1.44 bits per heavy atom. The van der Waals surface area contributed by atoms with Crippen molar-refractivity contribution in [1.29, 1.82) is 0 Å². The van der Waals surface area contributed by atoms with E-state index in [0.29, 0.717) is 0 Å². The Morgan fingerprint density at radius 3 is 2.38 bits per heavy atom. The van der Waals surface area contributed by atoms with E-state index in [1.165, 1.54) is 0 Å². The molecule has 1 aliphatic rings. The summed E-state index contributed by atoms with van der Waals surface area (Å²) in [6.45, 7) is -2.52. The Bertz CT molecular complexity index is 302. The van der Waals surface area contributed by atoms with E-state index in [4.69, 9.17) is 14.9 Å². The Labute approximate surface area is 90.1 Å². The molecule has 0 amide bonds. The Hall–Kier alpha value is -0.0900. The van der Waals surface area contributed by atoms with Gasteiger partial charge in [-0.2, -0.15) is 0 Å². The Balaban J connectivity index is 2.70. The highest BCUT2D eigenvalue weighted by molar-refractivity contribution is 7.46. The number of aliphatic hydroxyl groups excluding tert-OH is 2. The molecule has 16 heavy (non-hydrogen) atoms. The van der Waals surface area contributed by atoms with E-state index in [0.717, 1.165) is 0 Å². The highest BCUT2D eigenvalue weighted by Gasteiger charge is 2.57. The number of hydrogen-bond donors (Lipinski definition) is 6. The van der Waals surface area contributed by atoms with Crippen molar-refractivity contribution in [3.05, 3.63) is 0 Å². The molecular formula is C6H13O9P. The number of hydrogen-bond acceptors (Lipinski definition) is 7. The lowest BCUT2D eigenvalue weighted by Gasteiger charge is -2.29. The monoisotopic (exact) mass is 260 g/mol. The van der Waals surface area contributed by atoms with Gasteiger partial charge < -0.3 is 34.9 Å². The summed E-state index contributed by atoms with van der Waals surface area (Å²) in [5, 5.41) is 37.3. The van der Waals surface area contributed by atoms with Crippen LogP contribution in [0.5, 0.6) is 0 Å². The lowest BCUT2D eigenvalue weighted by atomic mass is 9.96. The smallest absolute Gasteiger partial charge is 0.393 e. The molecule has 0 radical (unpaired) electrons. The standard InChI is InChI=1S/C6H13O9P/c7-1-5(9)2-14-6(10,4(5)8)3-15-16(11,12)13/h4,7-10H,1-3H2,(H2,11,12,13). The molecule has 0 spiro atoms. The molecule has 0 bridgehead atoms. The van der Waals surface area contributed by atoms with Gasteiger partial charge in [0.15, 0.2) is 0 Å². The lowest BCUT2D eigenvalue weighted by molar-refractivity contribution is -0.236. The van der Waals surface area contributed by atoms with Gasteiger partial charge in [-0.3, -0.25) is 4.52 Å². The summed E-state index contributed by atoms with van der Waals surface area (Å²) in [7, 11) is -4.83. The SMILES string of the molecule is O=P(O)(O)OCC1(O)OCC(O)(CO)C1O. The summed E-state index contributed by atoms with van der Waals surface area (Å²) in [6.07, 6.45) is -1.95. The van der Waals surface area contributed by atoms with Crippen LogP contribution in [-0.4, -0.2) is 67.5 Å². The molecule has 6 N–H and O–H groups in total. The van der Waals surface area contributed by atoms with Crippen LogP contribution >= 0.6 is 7.82 Å². The quantitative estimate of drug-likeness (QED) is 0.288. The molecular weight excluding hydrogens is 247 g/mol. The zero-order chi connectivity index (χ0) is 12.6. The summed E-state index contributed by atoms with van der Waals surface area (Å²) < 4.78 is 18.9. The van der Waals surface area contributed by atoms with E-state index < -0.39 is 45.1 Å². The Morgan fingerprint density at radius 2 is 2.00 bits per heavy atom. The first kappa shape index (κ1) is 14.0. The van der Waals surface area contributed by atoms with Crippen molar-refractivity contribution >= 4 is 7.82 Å². The molecule has 3 unspecified atom stereocenters. The maximum Gasteiger partial charge on any atom is 0.469 e. The maximum atomic E-state index is 10.4. The van der Waals surface area contributed by atoms with Gasteiger partial charge in [-0.05, 0) is 0 Å². The second-order valence-corrected chi connectivity index (χ2v) is 4.80. The molecule has 1 saturated heterocycles. The van der Waals surface area contributed by atoms with E-state index in [1.807, 2.05) is 0 Å². The minimum atomic E-state index is -4.83. The number of aliphatic hydroxyl groups is 4. The largest absolute Gasteiger partial charge is 0.469 e. The first-order valence-corrected chi connectivity index (χ1v) is 5.74. The fraction of sp³-hybridized carbons (Fsp3) is 1.00. The first-order chi connectivity index (χ1) is 7.13. The first-order valence-electron chi connectivity index (χ1n) is 4.21. The van der Waals surface area contributed by atoms with Crippen LogP contribution in [-0.2, 0) is 13.8 Å². The zero-order valence-corrected chi connectivity index (χ0v) is 8.95. The molecule has 9 nitrogen and oxygen atoms in total. The van der Waals surface area contributed by atoms with Crippen LogP contribution in [0.1, 0.15) is 0 Å². The predicted molar refractivity (Wildman–Crippen MR) is 46.9 cm³/mol. The molecule has 0 aromatic rings. The number of ether oxygens (including phenoxy) is 1. The predicted octanol–water partition coefficient (Wildman–Crippen LogP) is -3.10. The molecule has 0 aliphatic carbocycles. The Kier molecular flexibility index (Phi) is 3.75. The van der Waals surface area contributed by atoms with Gasteiger partial charge in [-0.25, -0.2) is 4.57 Å². The molecule has 1 aliphatic heterocycles. The highest BCUT2D eigenvalue weighted by Crippen LogP contribution is 2.40. The molecule has 0 aromatic carbocycles. The van der Waals surface area contributed by atoms with E-state index in [9.17, 15) is 19.9 Å². The van der Waals surface area contributed by atoms with Crippen LogP contribution in [0.2, 0.25) is 0 Å². The highest BCUT2D eigenvalue weighted by atomic mass is 31.2. The number of phosphoric acid groups is 1. The average Bonchev–Trinajstić information content (AvgIpc) is 2.41. The van der Waals surface area contributed by atoms with Crippen molar-refractivity contribution in [1.82, 2.24) is 0 Å². The van der Waals surface area contributed by atoms with Crippen molar-refractivity contribution in [3.8, 4) is 0 Å². The van der Waals surface area contributed by atoms with Gasteiger partial charge in [0.05, 0.1) is 13.2 Å². The molecule has 96 valence electrons. The normalized spacial score (nSPS) is 40.2. The molecule has 3 atom stereocenters. The van der Waals surface area contributed by atoms with Gasteiger partial charge in [0, 0.05) is 0 Å². The van der Waals surface area contributed by atoms with Crippen molar-refractivity contribution in [2.75, 3.05) is 19.8 Å². The third-order valence-electron chi connectivity index (χ3n) is 2.22. The third kappa shape index (κ3) is 2.77. The zero-order valence-electron chi connectivity index (χ0n) is 8.05. The topological polar surface area (TPSA) is 157 Å². The molecule has 10 heteroatoms. The summed E-state index contributed by atoms with van der Waals surface area (Å²) in [5.74, 6) is -2.47. The molecule has 1 fully saturated rings. The van der Waals surface area contributed by atoms with E-state index in [1.54, 1.807) is 0 Å². The van der Waals surface area contributed by atoms with E-state index in [2.05, 4.69) is 9.26 Å². The molecule has 1 rings (SSSR count). The fourth-order valence-corrected chi connectivity index (χ4v) is 1.61. The van der Waals surface area contributed by atoms with Gasteiger partial charge in [-0.15, -0.1) is 0 Å². The molecule has 1 heterocycles. The van der Waals surface area contributed by atoms with Crippen LogP contribution < -0.4 is 0 Å². The summed E-state index contributed by atoms with van der Waals surface area (Å²) in [6, 6.07) is 0. The minimum Gasteiger partial charge on any atom is -0.393 e. The number of phosphoric ester groups is 1. The fourth-order valence-electron chi connectivity index (χ4n) is 1.26. The average molecular weight is 260 g/mol. The molecule has 0 aromatic heterocycles. The van der Waals surface area contributed by atoms with Crippen molar-refractivity contribution in [3.63, 3.8) is 0 Å². The van der Waals surface area contributed by atoms with Crippen LogP contribution in [0.4, 0.5) is 0 Å². The third-order valence-corrected chi connectivity index (χ3v) is 2.69. The van der Waals surface area contributed by atoms with Gasteiger partial charge in [0.2, 0.25) is 5.79 Å². The van der Waals surface area contributed by atoms with Crippen LogP contribution in [0.15, 0.2) is 0 Å². The van der Waals surface area contributed by atoms with Gasteiger partial charge in [0.25, 0.3) is 0 Å². The molecule has 0 saturated carbocycles. The van der Waals surface area contributed by atoms with Crippen LogP contribution in [0.25, 0.3) is 0 Å². The van der Waals surface area contributed by atoms with Crippen LogP contribution in [0, 0.1) is 0 Å². The van der Waals surface area contributed by atoms with E-state index >= 15 is 0 Å². The summed E-state index contributed by atoms with van der Waals surface area (Å²) in [5.41, 5.74) is -2.09. The van der Waals surface area contributed by atoms with E-state index in [-0.39, 0.29) is 0 Å². The minimum absolute atomic E-state index is 0.592. The lowest BCUT2D eigenvalue weighted by Crippen LogP contribution is -2.54. The van der Waals surface area contributed by atoms with Crippen molar-refractivity contribution in [2.24, 2.45) is 0 Å².